The zero-order chi connectivity index (χ0) is 13.0. The molecule has 4 N–H and O–H groups in total. The van der Waals surface area contributed by atoms with E-state index in [4.69, 9.17) is 5.73 Å². The van der Waals surface area contributed by atoms with Gasteiger partial charge in [0.2, 0.25) is 0 Å². The van der Waals surface area contributed by atoms with Crippen molar-refractivity contribution < 1.29 is 9.59 Å². The monoisotopic (exact) mass is 267 g/mol. The summed E-state index contributed by atoms with van der Waals surface area (Å²) in [5.41, 5.74) is 4.58. The van der Waals surface area contributed by atoms with Crippen LogP contribution in [0.2, 0.25) is 0 Å². The summed E-state index contributed by atoms with van der Waals surface area (Å²) in [6.45, 7) is 0.657. The molecule has 1 aliphatic heterocycles. The molecular formula is C12H17N3O2S. The molecule has 1 aromatic rings. The van der Waals surface area contributed by atoms with E-state index in [9.17, 15) is 9.59 Å². The van der Waals surface area contributed by atoms with Crippen molar-refractivity contribution in [3.8, 4) is 0 Å². The number of carbonyl (C=O) groups excluding carboxylic acids is 2. The molecule has 0 unspecified atom stereocenters. The van der Waals surface area contributed by atoms with Gasteiger partial charge in [0, 0.05) is 4.88 Å². The van der Waals surface area contributed by atoms with Crippen molar-refractivity contribution in [2.24, 2.45) is 5.73 Å². The number of nitrogens with one attached hydrogen (secondary N) is 2. The Bertz CT molecular complexity index is 433. The standard InChI is InChI=1S/C12H17N3O2S/c13-7-3-1-2-6-12(9-5-4-8-18-9)10(16)14-11(17)15-12/h4-5,8H,1-3,6-7,13H2,(H2,14,15,16,17)/t12-/m1/s1. The smallest absolute Gasteiger partial charge is 0.322 e. The average Bonchev–Trinajstić information content (AvgIpc) is 2.94. The summed E-state index contributed by atoms with van der Waals surface area (Å²) < 4.78 is 0. The molecule has 1 saturated heterocycles. The van der Waals surface area contributed by atoms with Crippen LogP contribution in [0.4, 0.5) is 4.79 Å². The van der Waals surface area contributed by atoms with Gasteiger partial charge < -0.3 is 11.1 Å². The molecule has 1 aliphatic rings. The van der Waals surface area contributed by atoms with Crippen LogP contribution in [0.1, 0.15) is 30.6 Å². The molecule has 98 valence electrons. The number of rotatable bonds is 6. The first-order valence-corrected chi connectivity index (χ1v) is 6.94. The van der Waals surface area contributed by atoms with Crippen molar-refractivity contribution in [2.45, 2.75) is 31.2 Å². The van der Waals surface area contributed by atoms with Gasteiger partial charge in [-0.1, -0.05) is 18.9 Å². The van der Waals surface area contributed by atoms with E-state index in [-0.39, 0.29) is 5.91 Å². The maximum Gasteiger partial charge on any atom is 0.322 e. The van der Waals surface area contributed by atoms with E-state index < -0.39 is 11.6 Å². The van der Waals surface area contributed by atoms with Crippen LogP contribution in [-0.2, 0) is 10.3 Å². The lowest BCUT2D eigenvalue weighted by Gasteiger charge is -2.24. The normalized spacial score (nSPS) is 22.9. The third kappa shape index (κ3) is 2.39. The van der Waals surface area contributed by atoms with Crippen molar-refractivity contribution in [3.63, 3.8) is 0 Å². The summed E-state index contributed by atoms with van der Waals surface area (Å²) in [6, 6.07) is 3.37. The van der Waals surface area contributed by atoms with E-state index in [1.807, 2.05) is 17.5 Å². The third-order valence-electron chi connectivity index (χ3n) is 3.14. The molecule has 0 aromatic carbocycles. The maximum absolute atomic E-state index is 12.1. The summed E-state index contributed by atoms with van der Waals surface area (Å²) in [5, 5.41) is 7.02. The highest BCUT2D eigenvalue weighted by Crippen LogP contribution is 2.33. The van der Waals surface area contributed by atoms with E-state index >= 15 is 0 Å². The number of nitrogens with two attached hydrogens (primary N) is 1. The molecule has 3 amide bonds. The number of urea groups is 1. The number of imide groups is 1. The first-order valence-electron chi connectivity index (χ1n) is 6.07. The molecule has 0 saturated carbocycles. The van der Waals surface area contributed by atoms with Gasteiger partial charge in [0.15, 0.2) is 5.54 Å². The average molecular weight is 267 g/mol. The number of carbonyl (C=O) groups is 2. The minimum Gasteiger partial charge on any atom is -0.330 e. The van der Waals surface area contributed by atoms with Crippen molar-refractivity contribution >= 4 is 23.3 Å². The Balaban J connectivity index is 2.14. The Labute approximate surface area is 110 Å². The van der Waals surface area contributed by atoms with E-state index in [1.165, 1.54) is 11.3 Å². The second kappa shape index (κ2) is 5.49. The quantitative estimate of drug-likeness (QED) is 0.536. The van der Waals surface area contributed by atoms with Gasteiger partial charge in [-0.05, 0) is 30.8 Å². The third-order valence-corrected chi connectivity index (χ3v) is 4.17. The minimum absolute atomic E-state index is 0.248. The fourth-order valence-electron chi connectivity index (χ4n) is 2.20. The Morgan fingerprint density at radius 2 is 2.11 bits per heavy atom. The molecule has 5 nitrogen and oxygen atoms in total. The Morgan fingerprint density at radius 3 is 2.67 bits per heavy atom. The lowest BCUT2D eigenvalue weighted by molar-refractivity contribution is -0.124. The predicted octanol–water partition coefficient (Wildman–Crippen LogP) is 1.30. The van der Waals surface area contributed by atoms with Crippen molar-refractivity contribution in [2.75, 3.05) is 6.54 Å². The van der Waals surface area contributed by atoms with Crippen LogP contribution in [0, 0.1) is 0 Å². The highest BCUT2D eigenvalue weighted by Gasteiger charge is 2.47. The fourth-order valence-corrected chi connectivity index (χ4v) is 3.10. The molecule has 0 radical (unpaired) electrons. The minimum atomic E-state index is -0.875. The molecule has 0 aliphatic carbocycles. The molecule has 18 heavy (non-hydrogen) atoms. The number of amides is 3. The summed E-state index contributed by atoms with van der Waals surface area (Å²) in [4.78, 5) is 24.3. The Morgan fingerprint density at radius 1 is 1.28 bits per heavy atom. The van der Waals surface area contributed by atoms with E-state index in [2.05, 4.69) is 10.6 Å². The van der Waals surface area contributed by atoms with Gasteiger partial charge in [0.1, 0.15) is 0 Å². The zero-order valence-electron chi connectivity index (χ0n) is 10.1. The molecule has 0 bridgehead atoms. The fraction of sp³-hybridized carbons (Fsp3) is 0.500. The summed E-state index contributed by atoms with van der Waals surface area (Å²) in [7, 11) is 0. The summed E-state index contributed by atoms with van der Waals surface area (Å²) in [6.07, 6.45) is 3.39. The SMILES string of the molecule is NCCCCC[C@]1(c2cccs2)NC(=O)NC1=O. The molecule has 1 fully saturated rings. The number of thiophene rings is 1. The molecule has 1 atom stereocenters. The van der Waals surface area contributed by atoms with E-state index in [0.29, 0.717) is 13.0 Å². The molecule has 1 aromatic heterocycles. The van der Waals surface area contributed by atoms with Crippen LogP contribution < -0.4 is 16.4 Å². The Kier molecular flexibility index (Phi) is 3.98. The van der Waals surface area contributed by atoms with Crippen LogP contribution >= 0.6 is 11.3 Å². The molecule has 6 heteroatoms. The van der Waals surface area contributed by atoms with Crippen molar-refractivity contribution in [3.05, 3.63) is 22.4 Å². The van der Waals surface area contributed by atoms with E-state index in [1.54, 1.807) is 0 Å². The number of unbranched alkanes of at least 4 members (excludes halogenated alkanes) is 2. The van der Waals surface area contributed by atoms with Crippen molar-refractivity contribution in [1.29, 1.82) is 0 Å². The van der Waals surface area contributed by atoms with Crippen LogP contribution in [0.3, 0.4) is 0 Å². The summed E-state index contributed by atoms with van der Waals surface area (Å²) in [5.74, 6) is -0.248. The lowest BCUT2D eigenvalue weighted by atomic mass is 9.90. The van der Waals surface area contributed by atoms with Crippen LogP contribution in [0.5, 0.6) is 0 Å². The highest BCUT2D eigenvalue weighted by atomic mass is 32.1. The molecule has 0 spiro atoms. The lowest BCUT2D eigenvalue weighted by Crippen LogP contribution is -2.43. The van der Waals surface area contributed by atoms with Gasteiger partial charge in [0.05, 0.1) is 0 Å². The van der Waals surface area contributed by atoms with Crippen LogP contribution in [-0.4, -0.2) is 18.5 Å². The molecule has 2 rings (SSSR count). The number of hydrogen-bond acceptors (Lipinski definition) is 4. The molecular weight excluding hydrogens is 250 g/mol. The van der Waals surface area contributed by atoms with Gasteiger partial charge in [-0.15, -0.1) is 11.3 Å². The van der Waals surface area contributed by atoms with Gasteiger partial charge in [0.25, 0.3) is 5.91 Å². The van der Waals surface area contributed by atoms with Crippen LogP contribution in [0.25, 0.3) is 0 Å². The zero-order valence-corrected chi connectivity index (χ0v) is 10.9. The number of hydrogen-bond donors (Lipinski definition) is 3. The first-order chi connectivity index (χ1) is 8.69. The van der Waals surface area contributed by atoms with Gasteiger partial charge in [-0.25, -0.2) is 4.79 Å². The Hall–Kier alpha value is -1.40. The highest BCUT2D eigenvalue weighted by molar-refractivity contribution is 7.10. The summed E-state index contributed by atoms with van der Waals surface area (Å²) >= 11 is 1.49. The van der Waals surface area contributed by atoms with Gasteiger partial charge in [-0.2, -0.15) is 0 Å². The van der Waals surface area contributed by atoms with Crippen molar-refractivity contribution in [1.82, 2.24) is 10.6 Å². The maximum atomic E-state index is 12.1. The topological polar surface area (TPSA) is 84.2 Å². The second-order valence-corrected chi connectivity index (χ2v) is 5.34. The second-order valence-electron chi connectivity index (χ2n) is 4.39. The largest absolute Gasteiger partial charge is 0.330 e. The van der Waals surface area contributed by atoms with Gasteiger partial charge in [-0.3, -0.25) is 10.1 Å². The van der Waals surface area contributed by atoms with E-state index in [0.717, 1.165) is 24.1 Å². The molecule has 2 heterocycles. The van der Waals surface area contributed by atoms with Crippen LogP contribution in [0.15, 0.2) is 17.5 Å². The first kappa shape index (κ1) is 13.0. The predicted molar refractivity (Wildman–Crippen MR) is 70.2 cm³/mol. The van der Waals surface area contributed by atoms with Gasteiger partial charge >= 0.3 is 6.03 Å².